The van der Waals surface area contributed by atoms with Crippen molar-refractivity contribution in [2.24, 2.45) is 5.92 Å². The van der Waals surface area contributed by atoms with E-state index in [2.05, 4.69) is 0 Å². The van der Waals surface area contributed by atoms with Crippen molar-refractivity contribution >= 4 is 5.91 Å². The van der Waals surface area contributed by atoms with Gasteiger partial charge in [0.15, 0.2) is 0 Å². The molecule has 1 fully saturated rings. The number of carbonyl (C=O) groups is 1. The van der Waals surface area contributed by atoms with E-state index in [0.717, 1.165) is 37.9 Å². The van der Waals surface area contributed by atoms with E-state index in [9.17, 15) is 9.18 Å². The molecule has 0 saturated carbocycles. The highest BCUT2D eigenvalue weighted by Crippen LogP contribution is 2.21. The zero-order valence-electron chi connectivity index (χ0n) is 12.7. The van der Waals surface area contributed by atoms with Crippen molar-refractivity contribution in [3.8, 4) is 0 Å². The lowest BCUT2D eigenvalue weighted by Gasteiger charge is -2.31. The van der Waals surface area contributed by atoms with E-state index in [1.807, 2.05) is 17.9 Å². The summed E-state index contributed by atoms with van der Waals surface area (Å²) in [5.41, 5.74) is 0.873. The Morgan fingerprint density at radius 1 is 1.38 bits per heavy atom. The Labute approximate surface area is 126 Å². The minimum atomic E-state index is -0.218. The van der Waals surface area contributed by atoms with Crippen molar-refractivity contribution < 1.29 is 13.9 Å². The van der Waals surface area contributed by atoms with Gasteiger partial charge < -0.3 is 9.64 Å². The number of hydrogen-bond acceptors (Lipinski definition) is 2. The zero-order chi connectivity index (χ0) is 15.1. The van der Waals surface area contributed by atoms with Gasteiger partial charge in [-0.25, -0.2) is 4.39 Å². The summed E-state index contributed by atoms with van der Waals surface area (Å²) in [6, 6.07) is 6.52. The fraction of sp³-hybridized carbons (Fsp3) is 0.588. The molecule has 1 aliphatic heterocycles. The summed E-state index contributed by atoms with van der Waals surface area (Å²) in [5, 5.41) is 0. The van der Waals surface area contributed by atoms with Gasteiger partial charge in [-0.1, -0.05) is 19.1 Å². The van der Waals surface area contributed by atoms with E-state index in [0.29, 0.717) is 25.6 Å². The van der Waals surface area contributed by atoms with Gasteiger partial charge in [-0.3, -0.25) is 4.79 Å². The molecule has 0 spiro atoms. The minimum absolute atomic E-state index is 0.218. The predicted octanol–water partition coefficient (Wildman–Crippen LogP) is 3.38. The number of carbonyl (C=O) groups excluding carboxylic acids is 1. The molecule has 21 heavy (non-hydrogen) atoms. The summed E-state index contributed by atoms with van der Waals surface area (Å²) in [6.45, 7) is 4.82. The van der Waals surface area contributed by atoms with Gasteiger partial charge in [0, 0.05) is 26.1 Å². The Morgan fingerprint density at radius 3 is 2.81 bits per heavy atom. The van der Waals surface area contributed by atoms with Crippen molar-refractivity contribution in [2.45, 2.75) is 39.2 Å². The second kappa shape index (κ2) is 8.13. The maximum Gasteiger partial charge on any atom is 0.222 e. The summed E-state index contributed by atoms with van der Waals surface area (Å²) >= 11 is 0. The number of nitrogens with zero attached hydrogens (tertiary/aromatic N) is 1. The van der Waals surface area contributed by atoms with Gasteiger partial charge in [0.05, 0.1) is 6.61 Å². The molecule has 1 aromatic rings. The predicted molar refractivity (Wildman–Crippen MR) is 80.3 cm³/mol. The van der Waals surface area contributed by atoms with Gasteiger partial charge in [0.25, 0.3) is 0 Å². The van der Waals surface area contributed by atoms with E-state index in [-0.39, 0.29) is 11.7 Å². The van der Waals surface area contributed by atoms with Gasteiger partial charge in [0.2, 0.25) is 5.91 Å². The molecule has 116 valence electrons. The minimum Gasteiger partial charge on any atom is -0.377 e. The Bertz CT molecular complexity index is 456. The topological polar surface area (TPSA) is 29.5 Å². The van der Waals surface area contributed by atoms with E-state index in [1.54, 1.807) is 6.07 Å². The molecular weight excluding hydrogens is 269 g/mol. The fourth-order valence-corrected chi connectivity index (χ4v) is 2.76. The highest BCUT2D eigenvalue weighted by atomic mass is 19.1. The second-order valence-corrected chi connectivity index (χ2v) is 5.65. The number of benzene rings is 1. The second-order valence-electron chi connectivity index (χ2n) is 5.65. The first-order valence-electron chi connectivity index (χ1n) is 7.79. The molecule has 1 saturated heterocycles. The third kappa shape index (κ3) is 5.12. The van der Waals surface area contributed by atoms with E-state index < -0.39 is 0 Å². The van der Waals surface area contributed by atoms with Crippen molar-refractivity contribution in [3.05, 3.63) is 35.6 Å². The molecule has 0 aliphatic carbocycles. The molecule has 0 aromatic heterocycles. The molecule has 1 aromatic carbocycles. The van der Waals surface area contributed by atoms with Crippen LogP contribution in [0, 0.1) is 11.7 Å². The highest BCUT2D eigenvalue weighted by molar-refractivity contribution is 5.75. The van der Waals surface area contributed by atoms with Crippen LogP contribution in [0.3, 0.4) is 0 Å². The Hall–Kier alpha value is -1.42. The molecule has 1 heterocycles. The van der Waals surface area contributed by atoms with Crippen LogP contribution in [0.5, 0.6) is 0 Å². The van der Waals surface area contributed by atoms with Gasteiger partial charge in [-0.15, -0.1) is 0 Å². The molecule has 0 bridgehead atoms. The Balaban J connectivity index is 1.61. The van der Waals surface area contributed by atoms with Crippen molar-refractivity contribution in [2.75, 3.05) is 19.7 Å². The summed E-state index contributed by atoms with van der Waals surface area (Å²) < 4.78 is 18.6. The van der Waals surface area contributed by atoms with Crippen LogP contribution in [0.25, 0.3) is 0 Å². The van der Waals surface area contributed by atoms with Crippen LogP contribution in [0.4, 0.5) is 4.39 Å². The first-order chi connectivity index (χ1) is 10.2. The van der Waals surface area contributed by atoms with Crippen molar-refractivity contribution in [1.82, 2.24) is 4.90 Å². The third-order valence-electron chi connectivity index (χ3n) is 4.10. The number of ether oxygens (including phenoxy) is 1. The highest BCUT2D eigenvalue weighted by Gasteiger charge is 2.21. The van der Waals surface area contributed by atoms with Crippen LogP contribution < -0.4 is 0 Å². The number of rotatable bonds is 6. The van der Waals surface area contributed by atoms with Gasteiger partial charge in [-0.2, -0.15) is 0 Å². The maximum atomic E-state index is 13.0. The SMILES string of the molecule is CCC(=O)N1CCC(CCOCc2cccc(F)c2)CC1. The molecular formula is C17H24FNO2. The number of likely N-dealkylation sites (tertiary alicyclic amines) is 1. The van der Waals surface area contributed by atoms with Crippen molar-refractivity contribution in [1.29, 1.82) is 0 Å². The summed E-state index contributed by atoms with van der Waals surface area (Å²) in [5.74, 6) is 0.679. The molecule has 1 aliphatic rings. The monoisotopic (exact) mass is 293 g/mol. The molecule has 0 unspecified atom stereocenters. The molecule has 0 N–H and O–H groups in total. The van der Waals surface area contributed by atoms with E-state index >= 15 is 0 Å². The standard InChI is InChI=1S/C17H24FNO2/c1-2-17(20)19-9-6-14(7-10-19)8-11-21-13-15-4-3-5-16(18)12-15/h3-5,12,14H,2,6-11,13H2,1H3. The average molecular weight is 293 g/mol. The summed E-state index contributed by atoms with van der Waals surface area (Å²) in [4.78, 5) is 13.6. The quantitative estimate of drug-likeness (QED) is 0.753. The lowest BCUT2D eigenvalue weighted by Crippen LogP contribution is -2.38. The van der Waals surface area contributed by atoms with Gasteiger partial charge >= 0.3 is 0 Å². The lowest BCUT2D eigenvalue weighted by molar-refractivity contribution is -0.132. The molecule has 2 rings (SSSR count). The largest absolute Gasteiger partial charge is 0.377 e. The summed E-state index contributed by atoms with van der Waals surface area (Å²) in [7, 11) is 0. The van der Waals surface area contributed by atoms with Crippen LogP contribution >= 0.6 is 0 Å². The molecule has 0 atom stereocenters. The van der Waals surface area contributed by atoms with E-state index in [4.69, 9.17) is 4.74 Å². The number of piperidine rings is 1. The van der Waals surface area contributed by atoms with Gasteiger partial charge in [0.1, 0.15) is 5.82 Å². The number of halogens is 1. The average Bonchev–Trinajstić information content (AvgIpc) is 2.51. The maximum absolute atomic E-state index is 13.0. The number of hydrogen-bond donors (Lipinski definition) is 0. The first kappa shape index (κ1) is 16.0. The van der Waals surface area contributed by atoms with Crippen molar-refractivity contribution in [3.63, 3.8) is 0 Å². The Morgan fingerprint density at radius 2 is 2.14 bits per heavy atom. The lowest BCUT2D eigenvalue weighted by atomic mass is 9.94. The molecule has 3 nitrogen and oxygen atoms in total. The molecule has 0 radical (unpaired) electrons. The molecule has 1 amide bonds. The zero-order valence-corrected chi connectivity index (χ0v) is 12.7. The fourth-order valence-electron chi connectivity index (χ4n) is 2.76. The van der Waals surface area contributed by atoms with Crippen LogP contribution in [0.1, 0.15) is 38.2 Å². The van der Waals surface area contributed by atoms with Crippen LogP contribution in [0.15, 0.2) is 24.3 Å². The van der Waals surface area contributed by atoms with E-state index in [1.165, 1.54) is 12.1 Å². The summed E-state index contributed by atoms with van der Waals surface area (Å²) in [6.07, 6.45) is 3.75. The first-order valence-corrected chi connectivity index (χ1v) is 7.79. The van der Waals surface area contributed by atoms with Crippen LogP contribution in [-0.2, 0) is 16.1 Å². The van der Waals surface area contributed by atoms with Gasteiger partial charge in [-0.05, 0) is 42.9 Å². The normalized spacial score (nSPS) is 16.2. The Kier molecular flexibility index (Phi) is 6.18. The van der Waals surface area contributed by atoms with Crippen LogP contribution in [0.2, 0.25) is 0 Å². The smallest absolute Gasteiger partial charge is 0.222 e. The van der Waals surface area contributed by atoms with Crippen LogP contribution in [-0.4, -0.2) is 30.5 Å². The molecule has 4 heteroatoms. The number of amides is 1. The third-order valence-corrected chi connectivity index (χ3v) is 4.10.